The van der Waals surface area contributed by atoms with Crippen molar-refractivity contribution in [1.29, 1.82) is 0 Å². The highest BCUT2D eigenvalue weighted by atomic mass is 19.1. The number of halogens is 1. The lowest BCUT2D eigenvalue weighted by molar-refractivity contribution is -0.108. The lowest BCUT2D eigenvalue weighted by atomic mass is 10.1. The van der Waals surface area contributed by atoms with Crippen LogP contribution in [-0.4, -0.2) is 24.2 Å². The molecule has 0 radical (unpaired) electrons. The smallest absolute Gasteiger partial charge is 0.200 e. The summed E-state index contributed by atoms with van der Waals surface area (Å²) in [5, 5.41) is 0. The highest BCUT2D eigenvalue weighted by Crippen LogP contribution is 2.21. The van der Waals surface area contributed by atoms with Gasteiger partial charge in [-0.25, -0.2) is 14.4 Å². The minimum atomic E-state index is -0.558. The Balaban J connectivity index is 2.40. The van der Waals surface area contributed by atoms with Gasteiger partial charge in [0.05, 0.1) is 0 Å². The molecule has 19 heavy (non-hydrogen) atoms. The molecular formula is C14H15FN2O2. The quantitative estimate of drug-likeness (QED) is 0.795. The van der Waals surface area contributed by atoms with Crippen molar-refractivity contribution in [3.63, 3.8) is 0 Å². The van der Waals surface area contributed by atoms with Gasteiger partial charge in [-0.05, 0) is 24.6 Å². The normalized spacial score (nSPS) is 11.0. The number of benzene rings is 1. The summed E-state index contributed by atoms with van der Waals surface area (Å²) in [5.74, 6) is 0.164. The molecule has 0 bridgehead atoms. The molecule has 1 aromatic heterocycles. The Kier molecular flexibility index (Phi) is 4.19. The van der Waals surface area contributed by atoms with E-state index in [1.807, 2.05) is 0 Å². The van der Waals surface area contributed by atoms with Gasteiger partial charge < -0.3 is 9.47 Å². The summed E-state index contributed by atoms with van der Waals surface area (Å²) in [5.41, 5.74) is 1.80. The predicted octanol–water partition coefficient (Wildman–Crippen LogP) is 2.88. The van der Waals surface area contributed by atoms with E-state index in [-0.39, 0.29) is 5.82 Å². The van der Waals surface area contributed by atoms with Gasteiger partial charge in [-0.1, -0.05) is 12.1 Å². The molecule has 0 fully saturated rings. The predicted molar refractivity (Wildman–Crippen MR) is 68.9 cm³/mol. The van der Waals surface area contributed by atoms with Crippen LogP contribution in [0.25, 0.3) is 11.4 Å². The molecule has 4 nitrogen and oxygen atoms in total. The zero-order chi connectivity index (χ0) is 13.8. The Hall–Kier alpha value is -1.85. The highest BCUT2D eigenvalue weighted by Gasteiger charge is 2.12. The standard InChI is InChI=1S/C14H15FN2O2/c1-9-4-5-10(8-11(9)15)13-16-7-6-12(17-13)14(18-2)19-3/h4-8,14H,1-3H3. The van der Waals surface area contributed by atoms with Crippen LogP contribution in [0.2, 0.25) is 0 Å². The molecule has 100 valence electrons. The number of rotatable bonds is 4. The van der Waals surface area contributed by atoms with Crippen molar-refractivity contribution in [1.82, 2.24) is 9.97 Å². The Morgan fingerprint density at radius 2 is 1.89 bits per heavy atom. The van der Waals surface area contributed by atoms with E-state index in [0.717, 1.165) is 0 Å². The summed E-state index contributed by atoms with van der Waals surface area (Å²) in [7, 11) is 3.06. The minimum Gasteiger partial charge on any atom is -0.350 e. The van der Waals surface area contributed by atoms with E-state index >= 15 is 0 Å². The summed E-state index contributed by atoms with van der Waals surface area (Å²) in [4.78, 5) is 8.47. The van der Waals surface area contributed by atoms with Crippen LogP contribution in [0.4, 0.5) is 4.39 Å². The molecule has 0 N–H and O–H groups in total. The summed E-state index contributed by atoms with van der Waals surface area (Å²) < 4.78 is 23.8. The van der Waals surface area contributed by atoms with Gasteiger partial charge in [0.15, 0.2) is 5.82 Å². The third-order valence-corrected chi connectivity index (χ3v) is 2.78. The van der Waals surface area contributed by atoms with Gasteiger partial charge in [0.25, 0.3) is 0 Å². The molecule has 2 aromatic rings. The van der Waals surface area contributed by atoms with Crippen LogP contribution in [-0.2, 0) is 9.47 Å². The minimum absolute atomic E-state index is 0.276. The number of hydrogen-bond donors (Lipinski definition) is 0. The van der Waals surface area contributed by atoms with Crippen LogP contribution < -0.4 is 0 Å². The van der Waals surface area contributed by atoms with E-state index in [4.69, 9.17) is 9.47 Å². The highest BCUT2D eigenvalue weighted by molar-refractivity contribution is 5.55. The molecule has 1 heterocycles. The first-order valence-electron chi connectivity index (χ1n) is 5.80. The molecule has 2 rings (SSSR count). The van der Waals surface area contributed by atoms with E-state index < -0.39 is 6.29 Å². The maximum atomic E-state index is 13.6. The van der Waals surface area contributed by atoms with E-state index in [9.17, 15) is 4.39 Å². The fraction of sp³-hybridized carbons (Fsp3) is 0.286. The van der Waals surface area contributed by atoms with Gasteiger partial charge in [-0.2, -0.15) is 0 Å². The molecule has 0 spiro atoms. The molecule has 1 aromatic carbocycles. The maximum Gasteiger partial charge on any atom is 0.200 e. The van der Waals surface area contributed by atoms with Gasteiger partial charge >= 0.3 is 0 Å². The van der Waals surface area contributed by atoms with Gasteiger partial charge in [0.1, 0.15) is 11.5 Å². The van der Waals surface area contributed by atoms with Crippen molar-refractivity contribution in [2.24, 2.45) is 0 Å². The summed E-state index contributed by atoms with van der Waals surface area (Å²) in [6.45, 7) is 1.71. The van der Waals surface area contributed by atoms with E-state index in [0.29, 0.717) is 22.6 Å². The third-order valence-electron chi connectivity index (χ3n) is 2.78. The Morgan fingerprint density at radius 1 is 1.16 bits per heavy atom. The molecule has 0 unspecified atom stereocenters. The molecule has 0 aliphatic rings. The van der Waals surface area contributed by atoms with Crippen LogP contribution in [0.5, 0.6) is 0 Å². The first-order valence-corrected chi connectivity index (χ1v) is 5.80. The Labute approximate surface area is 111 Å². The van der Waals surface area contributed by atoms with E-state index in [2.05, 4.69) is 9.97 Å². The van der Waals surface area contributed by atoms with Crippen LogP contribution in [0.15, 0.2) is 30.5 Å². The van der Waals surface area contributed by atoms with Crippen molar-refractivity contribution in [2.45, 2.75) is 13.2 Å². The average molecular weight is 262 g/mol. The van der Waals surface area contributed by atoms with Crippen molar-refractivity contribution in [3.8, 4) is 11.4 Å². The molecule has 0 aliphatic carbocycles. The lowest BCUT2D eigenvalue weighted by Gasteiger charge is -2.13. The molecule has 0 atom stereocenters. The zero-order valence-electron chi connectivity index (χ0n) is 11.1. The Morgan fingerprint density at radius 3 is 2.53 bits per heavy atom. The monoisotopic (exact) mass is 262 g/mol. The molecule has 5 heteroatoms. The largest absolute Gasteiger partial charge is 0.350 e. The summed E-state index contributed by atoms with van der Waals surface area (Å²) >= 11 is 0. The average Bonchev–Trinajstić information content (AvgIpc) is 2.44. The first-order chi connectivity index (χ1) is 9.15. The number of aromatic nitrogens is 2. The van der Waals surface area contributed by atoms with Gasteiger partial charge in [0, 0.05) is 26.0 Å². The van der Waals surface area contributed by atoms with Crippen molar-refractivity contribution in [2.75, 3.05) is 14.2 Å². The molecule has 0 amide bonds. The maximum absolute atomic E-state index is 13.6. The van der Waals surface area contributed by atoms with Crippen molar-refractivity contribution < 1.29 is 13.9 Å². The fourth-order valence-electron chi connectivity index (χ4n) is 1.71. The Bertz CT molecular complexity index is 571. The second kappa shape index (κ2) is 5.86. The SMILES string of the molecule is COC(OC)c1ccnc(-c2ccc(C)c(F)c2)n1. The summed E-state index contributed by atoms with van der Waals surface area (Å²) in [6.07, 6.45) is 1.04. The van der Waals surface area contributed by atoms with Crippen LogP contribution >= 0.6 is 0 Å². The van der Waals surface area contributed by atoms with Crippen molar-refractivity contribution >= 4 is 0 Å². The topological polar surface area (TPSA) is 44.2 Å². The van der Waals surface area contributed by atoms with E-state index in [1.165, 1.54) is 20.3 Å². The van der Waals surface area contributed by atoms with Gasteiger partial charge in [-0.3, -0.25) is 0 Å². The second-order valence-electron chi connectivity index (χ2n) is 4.07. The number of nitrogens with zero attached hydrogens (tertiary/aromatic N) is 2. The first kappa shape index (κ1) is 13.6. The molecular weight excluding hydrogens is 247 g/mol. The number of hydrogen-bond acceptors (Lipinski definition) is 4. The molecule has 0 saturated carbocycles. The number of methoxy groups -OCH3 is 2. The molecule has 0 aliphatic heterocycles. The molecule has 0 saturated heterocycles. The van der Waals surface area contributed by atoms with Gasteiger partial charge in [-0.15, -0.1) is 0 Å². The van der Waals surface area contributed by atoms with Gasteiger partial charge in [0.2, 0.25) is 6.29 Å². The van der Waals surface area contributed by atoms with Crippen LogP contribution in [0.3, 0.4) is 0 Å². The number of aryl methyl sites for hydroxylation is 1. The van der Waals surface area contributed by atoms with Crippen LogP contribution in [0, 0.1) is 12.7 Å². The number of ether oxygens (including phenoxy) is 2. The third kappa shape index (κ3) is 2.94. The fourth-order valence-corrected chi connectivity index (χ4v) is 1.71. The second-order valence-corrected chi connectivity index (χ2v) is 4.07. The lowest BCUT2D eigenvalue weighted by Crippen LogP contribution is -2.07. The summed E-state index contributed by atoms with van der Waals surface area (Å²) in [6, 6.07) is 6.60. The van der Waals surface area contributed by atoms with Crippen LogP contribution in [0.1, 0.15) is 17.5 Å². The van der Waals surface area contributed by atoms with E-state index in [1.54, 1.807) is 31.3 Å². The van der Waals surface area contributed by atoms with Crippen molar-refractivity contribution in [3.05, 3.63) is 47.5 Å². The zero-order valence-corrected chi connectivity index (χ0v) is 11.1.